The number of rotatable bonds is 6. The lowest BCUT2D eigenvalue weighted by molar-refractivity contribution is 0.269. The highest BCUT2D eigenvalue weighted by atomic mass is 16.5. The van der Waals surface area contributed by atoms with E-state index in [4.69, 9.17) is 15.2 Å². The zero-order valence-corrected chi connectivity index (χ0v) is 10.1. The van der Waals surface area contributed by atoms with Gasteiger partial charge in [0.25, 0.3) is 0 Å². The van der Waals surface area contributed by atoms with Crippen LogP contribution in [-0.2, 0) is 13.0 Å². The Kier molecular flexibility index (Phi) is 4.14. The molecule has 0 aliphatic rings. The van der Waals surface area contributed by atoms with Gasteiger partial charge in [0.05, 0.1) is 7.11 Å². The van der Waals surface area contributed by atoms with Crippen LogP contribution in [0.4, 0.5) is 0 Å². The third-order valence-electron chi connectivity index (χ3n) is 2.42. The summed E-state index contributed by atoms with van der Waals surface area (Å²) < 4.78 is 15.5. The van der Waals surface area contributed by atoms with Gasteiger partial charge in [-0.3, -0.25) is 0 Å². The maximum Gasteiger partial charge on any atom is 0.213 e. The number of methoxy groups -OCH3 is 1. The Labute approximate surface area is 105 Å². The summed E-state index contributed by atoms with van der Waals surface area (Å²) in [5, 5.41) is 3.67. The Bertz CT molecular complexity index is 485. The van der Waals surface area contributed by atoms with Crippen molar-refractivity contribution in [2.45, 2.75) is 13.0 Å². The van der Waals surface area contributed by atoms with E-state index in [-0.39, 0.29) is 6.61 Å². The average molecular weight is 249 g/mol. The topological polar surface area (TPSA) is 83.4 Å². The van der Waals surface area contributed by atoms with Gasteiger partial charge in [-0.2, -0.15) is 4.98 Å². The van der Waals surface area contributed by atoms with E-state index in [2.05, 4.69) is 14.7 Å². The molecule has 1 heterocycles. The van der Waals surface area contributed by atoms with Crippen LogP contribution in [0.3, 0.4) is 0 Å². The summed E-state index contributed by atoms with van der Waals surface area (Å²) in [7, 11) is 1.60. The van der Waals surface area contributed by atoms with Crippen LogP contribution in [0.1, 0.15) is 11.4 Å². The Morgan fingerprint density at radius 2 is 2.22 bits per heavy atom. The van der Waals surface area contributed by atoms with Gasteiger partial charge in [-0.05, 0) is 30.7 Å². The van der Waals surface area contributed by atoms with Crippen LogP contribution in [0, 0.1) is 0 Å². The second-order valence-electron chi connectivity index (χ2n) is 3.66. The van der Waals surface area contributed by atoms with Gasteiger partial charge in [0.2, 0.25) is 12.2 Å². The third-order valence-corrected chi connectivity index (χ3v) is 2.42. The molecule has 0 radical (unpaired) electrons. The summed E-state index contributed by atoms with van der Waals surface area (Å²) in [5.74, 6) is 1.80. The molecular formula is C12H15N3O3. The third kappa shape index (κ3) is 2.98. The molecule has 0 bridgehead atoms. The van der Waals surface area contributed by atoms with Crippen molar-refractivity contribution < 1.29 is 14.0 Å². The van der Waals surface area contributed by atoms with Crippen molar-refractivity contribution in [1.82, 2.24) is 10.1 Å². The molecule has 0 unspecified atom stereocenters. The van der Waals surface area contributed by atoms with Crippen molar-refractivity contribution in [3.8, 4) is 11.5 Å². The highest BCUT2D eigenvalue weighted by molar-refractivity contribution is 5.43. The van der Waals surface area contributed by atoms with E-state index in [9.17, 15) is 0 Å². The number of aromatic nitrogens is 2. The first-order valence-corrected chi connectivity index (χ1v) is 5.58. The van der Waals surface area contributed by atoms with Gasteiger partial charge >= 0.3 is 0 Å². The number of ether oxygens (including phenoxy) is 2. The van der Waals surface area contributed by atoms with Gasteiger partial charge in [0.15, 0.2) is 18.1 Å². The molecule has 0 spiro atoms. The van der Waals surface area contributed by atoms with Crippen LogP contribution in [0.15, 0.2) is 29.1 Å². The SMILES string of the molecule is COc1cc(CCN)ccc1OCc1ncon1. The lowest BCUT2D eigenvalue weighted by atomic mass is 10.1. The van der Waals surface area contributed by atoms with Crippen molar-refractivity contribution in [2.24, 2.45) is 5.73 Å². The van der Waals surface area contributed by atoms with Gasteiger partial charge in [0.1, 0.15) is 0 Å². The van der Waals surface area contributed by atoms with E-state index >= 15 is 0 Å². The van der Waals surface area contributed by atoms with Crippen LogP contribution in [-0.4, -0.2) is 23.8 Å². The minimum absolute atomic E-state index is 0.239. The van der Waals surface area contributed by atoms with Crippen molar-refractivity contribution in [2.75, 3.05) is 13.7 Å². The number of hydrogen-bond acceptors (Lipinski definition) is 6. The quantitative estimate of drug-likeness (QED) is 0.827. The molecule has 0 amide bonds. The lowest BCUT2D eigenvalue weighted by Crippen LogP contribution is -2.04. The Morgan fingerprint density at radius 1 is 1.33 bits per heavy atom. The van der Waals surface area contributed by atoms with Gasteiger partial charge < -0.3 is 19.7 Å². The molecule has 6 heteroatoms. The standard InChI is InChI=1S/C12H15N3O3/c1-16-11-6-9(4-5-13)2-3-10(11)17-7-12-14-8-18-15-12/h2-3,6,8H,4-5,7,13H2,1H3. The smallest absolute Gasteiger partial charge is 0.213 e. The molecule has 0 aliphatic heterocycles. The van der Waals surface area contributed by atoms with E-state index < -0.39 is 0 Å². The average Bonchev–Trinajstić information content (AvgIpc) is 2.90. The monoisotopic (exact) mass is 249 g/mol. The van der Waals surface area contributed by atoms with Crippen LogP contribution in [0.25, 0.3) is 0 Å². The first-order chi connectivity index (χ1) is 8.83. The fraction of sp³-hybridized carbons (Fsp3) is 0.333. The summed E-state index contributed by atoms with van der Waals surface area (Å²) in [6.45, 7) is 0.843. The highest BCUT2D eigenvalue weighted by Gasteiger charge is 2.07. The first kappa shape index (κ1) is 12.4. The van der Waals surface area contributed by atoms with Crippen LogP contribution < -0.4 is 15.2 Å². The van der Waals surface area contributed by atoms with Crippen molar-refractivity contribution in [1.29, 1.82) is 0 Å². The van der Waals surface area contributed by atoms with Crippen molar-refractivity contribution >= 4 is 0 Å². The Balaban J connectivity index is 2.07. The zero-order valence-electron chi connectivity index (χ0n) is 10.1. The molecule has 2 N–H and O–H groups in total. The summed E-state index contributed by atoms with van der Waals surface area (Å²) >= 11 is 0. The number of hydrogen-bond donors (Lipinski definition) is 1. The summed E-state index contributed by atoms with van der Waals surface area (Å²) in [6.07, 6.45) is 2.07. The predicted octanol–water partition coefficient (Wildman–Crippen LogP) is 1.16. The van der Waals surface area contributed by atoms with E-state index in [1.54, 1.807) is 7.11 Å². The summed E-state index contributed by atoms with van der Waals surface area (Å²) in [6, 6.07) is 5.73. The molecule has 18 heavy (non-hydrogen) atoms. The molecule has 96 valence electrons. The second-order valence-corrected chi connectivity index (χ2v) is 3.66. The van der Waals surface area contributed by atoms with Gasteiger partial charge in [0, 0.05) is 0 Å². The number of benzene rings is 1. The highest BCUT2D eigenvalue weighted by Crippen LogP contribution is 2.28. The maximum atomic E-state index is 5.56. The normalized spacial score (nSPS) is 10.3. The molecule has 0 aliphatic carbocycles. The lowest BCUT2D eigenvalue weighted by Gasteiger charge is -2.10. The van der Waals surface area contributed by atoms with Crippen LogP contribution >= 0.6 is 0 Å². The molecule has 0 saturated carbocycles. The second kappa shape index (κ2) is 6.02. The van der Waals surface area contributed by atoms with E-state index in [1.165, 1.54) is 6.39 Å². The maximum absolute atomic E-state index is 5.56. The van der Waals surface area contributed by atoms with Gasteiger partial charge in [-0.15, -0.1) is 0 Å². The molecule has 0 fully saturated rings. The zero-order chi connectivity index (χ0) is 12.8. The van der Waals surface area contributed by atoms with E-state index in [0.717, 1.165) is 12.0 Å². The van der Waals surface area contributed by atoms with Gasteiger partial charge in [-0.1, -0.05) is 11.2 Å². The number of nitrogens with zero attached hydrogens (tertiary/aromatic N) is 2. The largest absolute Gasteiger partial charge is 0.493 e. The molecule has 1 aromatic heterocycles. The van der Waals surface area contributed by atoms with Crippen LogP contribution in [0.5, 0.6) is 11.5 Å². The van der Waals surface area contributed by atoms with Gasteiger partial charge in [-0.25, -0.2) is 0 Å². The molecule has 6 nitrogen and oxygen atoms in total. The Hall–Kier alpha value is -2.08. The van der Waals surface area contributed by atoms with Crippen LogP contribution in [0.2, 0.25) is 0 Å². The Morgan fingerprint density at radius 3 is 2.89 bits per heavy atom. The molecule has 0 atom stereocenters. The molecule has 1 aromatic carbocycles. The predicted molar refractivity (Wildman–Crippen MR) is 64.4 cm³/mol. The van der Waals surface area contributed by atoms with Crippen molar-refractivity contribution in [3.63, 3.8) is 0 Å². The fourth-order valence-electron chi connectivity index (χ4n) is 1.55. The molecular weight excluding hydrogens is 234 g/mol. The minimum atomic E-state index is 0.239. The molecule has 2 aromatic rings. The molecule has 0 saturated heterocycles. The fourth-order valence-corrected chi connectivity index (χ4v) is 1.55. The minimum Gasteiger partial charge on any atom is -0.493 e. The summed E-state index contributed by atoms with van der Waals surface area (Å²) in [4.78, 5) is 3.87. The first-order valence-electron chi connectivity index (χ1n) is 5.58. The summed E-state index contributed by atoms with van der Waals surface area (Å²) in [5.41, 5.74) is 6.63. The van der Waals surface area contributed by atoms with E-state index in [1.807, 2.05) is 18.2 Å². The van der Waals surface area contributed by atoms with E-state index in [0.29, 0.717) is 23.9 Å². The molecule has 2 rings (SSSR count). The van der Waals surface area contributed by atoms with Crippen molar-refractivity contribution in [3.05, 3.63) is 36.0 Å². The number of nitrogens with two attached hydrogens (primary N) is 1.